The fourth-order valence-corrected chi connectivity index (χ4v) is 3.34. The molecule has 3 aromatic rings. The monoisotopic (exact) mass is 318 g/mol. The largest absolute Gasteiger partial charge is 0.508 e. The Morgan fingerprint density at radius 2 is 1.33 bits per heavy atom. The molecule has 118 valence electrons. The molecule has 0 aromatic heterocycles. The Morgan fingerprint density at radius 1 is 0.708 bits per heavy atom. The van der Waals surface area contributed by atoms with Gasteiger partial charge in [0.2, 0.25) is 0 Å². The van der Waals surface area contributed by atoms with Crippen LogP contribution in [0.2, 0.25) is 0 Å². The summed E-state index contributed by atoms with van der Waals surface area (Å²) in [7, 11) is 0. The molecular formula is C20H14O4. The molecule has 4 nitrogen and oxygen atoms in total. The van der Waals surface area contributed by atoms with Gasteiger partial charge >= 0.3 is 0 Å². The van der Waals surface area contributed by atoms with Gasteiger partial charge in [0.05, 0.1) is 0 Å². The van der Waals surface area contributed by atoms with E-state index in [1.807, 2.05) is 0 Å². The third-order valence-electron chi connectivity index (χ3n) is 4.48. The van der Waals surface area contributed by atoms with Gasteiger partial charge in [0, 0.05) is 22.3 Å². The first-order chi connectivity index (χ1) is 11.5. The van der Waals surface area contributed by atoms with Gasteiger partial charge in [-0.25, -0.2) is 0 Å². The maximum absolute atomic E-state index is 12.8. The van der Waals surface area contributed by atoms with Gasteiger partial charge in [-0.05, 0) is 29.8 Å². The van der Waals surface area contributed by atoms with Crippen LogP contribution in [0, 0.1) is 0 Å². The molecule has 1 atom stereocenters. The van der Waals surface area contributed by atoms with E-state index in [0.717, 1.165) is 0 Å². The van der Waals surface area contributed by atoms with Crippen LogP contribution in [0.3, 0.4) is 0 Å². The number of phenolic OH excluding ortho intramolecular Hbond substituents is 2. The molecule has 1 unspecified atom stereocenters. The predicted octanol–water partition coefficient (Wildman–Crippen LogP) is 2.93. The van der Waals surface area contributed by atoms with Gasteiger partial charge in [0.25, 0.3) is 0 Å². The van der Waals surface area contributed by atoms with Crippen molar-refractivity contribution in [1.82, 2.24) is 0 Å². The lowest BCUT2D eigenvalue weighted by atomic mass is 9.71. The minimum Gasteiger partial charge on any atom is -0.508 e. The second-order valence-electron chi connectivity index (χ2n) is 5.86. The van der Waals surface area contributed by atoms with Crippen molar-refractivity contribution in [3.63, 3.8) is 0 Å². The van der Waals surface area contributed by atoms with Crippen LogP contribution < -0.4 is 0 Å². The molecule has 1 aliphatic rings. The average Bonchev–Trinajstić information content (AvgIpc) is 2.60. The van der Waals surface area contributed by atoms with Gasteiger partial charge in [-0.1, -0.05) is 42.5 Å². The number of benzene rings is 3. The molecule has 4 heteroatoms. The third-order valence-corrected chi connectivity index (χ3v) is 4.48. The number of hydrogen-bond donors (Lipinski definition) is 3. The minimum absolute atomic E-state index is 0.0328. The van der Waals surface area contributed by atoms with Crippen molar-refractivity contribution in [3.8, 4) is 11.5 Å². The average molecular weight is 318 g/mol. The second-order valence-corrected chi connectivity index (χ2v) is 5.86. The SMILES string of the molecule is O=C1c2ccccc2C(O)(c2ccc(O)cc2)c2ccc(O)cc21. The first-order valence-corrected chi connectivity index (χ1v) is 7.51. The predicted molar refractivity (Wildman–Crippen MR) is 88.2 cm³/mol. The highest BCUT2D eigenvalue weighted by Gasteiger charge is 2.43. The lowest BCUT2D eigenvalue weighted by molar-refractivity contribution is 0.0948. The Morgan fingerprint density at radius 3 is 2.08 bits per heavy atom. The molecular weight excluding hydrogens is 304 g/mol. The van der Waals surface area contributed by atoms with Crippen molar-refractivity contribution in [3.05, 3.63) is 94.5 Å². The summed E-state index contributed by atoms with van der Waals surface area (Å²) in [5.74, 6) is -0.178. The third kappa shape index (κ3) is 1.87. The van der Waals surface area contributed by atoms with Crippen molar-refractivity contribution in [2.45, 2.75) is 5.60 Å². The summed E-state index contributed by atoms with van der Waals surface area (Å²) < 4.78 is 0. The quantitative estimate of drug-likeness (QED) is 0.645. The van der Waals surface area contributed by atoms with Gasteiger partial charge in [0.1, 0.15) is 17.1 Å². The van der Waals surface area contributed by atoms with Crippen LogP contribution in [-0.2, 0) is 5.60 Å². The van der Waals surface area contributed by atoms with Crippen LogP contribution in [0.5, 0.6) is 11.5 Å². The van der Waals surface area contributed by atoms with Crippen LogP contribution in [0.15, 0.2) is 66.7 Å². The van der Waals surface area contributed by atoms with E-state index in [0.29, 0.717) is 22.3 Å². The van der Waals surface area contributed by atoms with E-state index in [1.54, 1.807) is 42.5 Å². The van der Waals surface area contributed by atoms with Gasteiger partial charge in [-0.15, -0.1) is 0 Å². The molecule has 0 radical (unpaired) electrons. The van der Waals surface area contributed by atoms with E-state index in [9.17, 15) is 20.1 Å². The number of aliphatic hydroxyl groups is 1. The summed E-state index contributed by atoms with van der Waals surface area (Å²) in [5.41, 5.74) is 0.553. The number of hydrogen-bond acceptors (Lipinski definition) is 4. The van der Waals surface area contributed by atoms with Gasteiger partial charge < -0.3 is 15.3 Å². The van der Waals surface area contributed by atoms with Gasteiger partial charge in [-0.2, -0.15) is 0 Å². The summed E-state index contributed by atoms with van der Waals surface area (Å²) >= 11 is 0. The first kappa shape index (κ1) is 14.5. The maximum Gasteiger partial charge on any atom is 0.193 e. The zero-order valence-electron chi connectivity index (χ0n) is 12.6. The van der Waals surface area contributed by atoms with E-state index in [-0.39, 0.29) is 22.8 Å². The summed E-state index contributed by atoms with van der Waals surface area (Å²) in [4.78, 5) is 12.8. The maximum atomic E-state index is 12.8. The molecule has 3 N–H and O–H groups in total. The summed E-state index contributed by atoms with van der Waals surface area (Å²) in [5, 5.41) is 30.9. The molecule has 0 saturated heterocycles. The first-order valence-electron chi connectivity index (χ1n) is 7.51. The number of fused-ring (bicyclic) bond motifs is 2. The fraction of sp³-hybridized carbons (Fsp3) is 0.0500. The molecule has 24 heavy (non-hydrogen) atoms. The van der Waals surface area contributed by atoms with Crippen LogP contribution in [-0.4, -0.2) is 21.1 Å². The number of aromatic hydroxyl groups is 2. The van der Waals surface area contributed by atoms with Crippen molar-refractivity contribution in [2.75, 3.05) is 0 Å². The van der Waals surface area contributed by atoms with Crippen molar-refractivity contribution < 1.29 is 20.1 Å². The molecule has 1 aliphatic carbocycles. The Labute approximate surface area is 138 Å². The lowest BCUT2D eigenvalue weighted by Gasteiger charge is -2.36. The molecule has 0 amide bonds. The lowest BCUT2D eigenvalue weighted by Crippen LogP contribution is -2.36. The standard InChI is InChI=1S/C20H14O4/c21-13-7-5-12(6-8-13)20(24)17-4-2-1-3-15(17)19(23)16-11-14(22)9-10-18(16)20/h1-11,21-22,24H. The van der Waals surface area contributed by atoms with E-state index >= 15 is 0 Å². The van der Waals surface area contributed by atoms with Crippen molar-refractivity contribution in [2.24, 2.45) is 0 Å². The molecule has 0 fully saturated rings. The van der Waals surface area contributed by atoms with Crippen molar-refractivity contribution >= 4 is 5.78 Å². The number of rotatable bonds is 1. The van der Waals surface area contributed by atoms with Crippen LogP contribution in [0.25, 0.3) is 0 Å². The van der Waals surface area contributed by atoms with Crippen LogP contribution in [0.1, 0.15) is 32.6 Å². The highest BCUT2D eigenvalue weighted by molar-refractivity contribution is 6.13. The molecule has 0 aliphatic heterocycles. The van der Waals surface area contributed by atoms with Crippen molar-refractivity contribution in [1.29, 1.82) is 0 Å². The molecule has 4 rings (SSSR count). The Balaban J connectivity index is 2.09. The molecule has 0 bridgehead atoms. The second kappa shape index (κ2) is 4.94. The molecule has 0 spiro atoms. The van der Waals surface area contributed by atoms with E-state index < -0.39 is 5.60 Å². The summed E-state index contributed by atoms with van der Waals surface area (Å²) in [6.07, 6.45) is 0. The summed E-state index contributed by atoms with van der Waals surface area (Å²) in [6.45, 7) is 0. The number of phenols is 2. The Bertz CT molecular complexity index is 960. The Hall–Kier alpha value is -3.11. The molecule has 3 aromatic carbocycles. The molecule has 0 saturated carbocycles. The number of carbonyl (C=O) groups is 1. The fourth-order valence-electron chi connectivity index (χ4n) is 3.34. The van der Waals surface area contributed by atoms with E-state index in [2.05, 4.69) is 0 Å². The number of carbonyl (C=O) groups excluding carboxylic acids is 1. The smallest absolute Gasteiger partial charge is 0.193 e. The molecule has 0 heterocycles. The van der Waals surface area contributed by atoms with E-state index in [4.69, 9.17) is 0 Å². The highest BCUT2D eigenvalue weighted by Crippen LogP contribution is 2.45. The minimum atomic E-state index is -1.54. The topological polar surface area (TPSA) is 77.8 Å². The van der Waals surface area contributed by atoms with Gasteiger partial charge in [0.15, 0.2) is 5.78 Å². The Kier molecular flexibility index (Phi) is 2.98. The van der Waals surface area contributed by atoms with Crippen LogP contribution >= 0.6 is 0 Å². The van der Waals surface area contributed by atoms with Crippen LogP contribution in [0.4, 0.5) is 0 Å². The van der Waals surface area contributed by atoms with E-state index in [1.165, 1.54) is 24.3 Å². The zero-order valence-corrected chi connectivity index (χ0v) is 12.6. The number of ketones is 1. The highest BCUT2D eigenvalue weighted by atomic mass is 16.3. The summed E-state index contributed by atoms with van der Waals surface area (Å²) in [6, 6.07) is 17.5. The normalized spacial score (nSPS) is 18.8. The van der Waals surface area contributed by atoms with Gasteiger partial charge in [-0.3, -0.25) is 4.79 Å². The zero-order chi connectivity index (χ0) is 16.9.